The number of aryl methyl sites for hydroxylation is 1. The van der Waals surface area contributed by atoms with Crippen molar-refractivity contribution in [3.63, 3.8) is 0 Å². The molecule has 3 aromatic rings. The zero-order valence-corrected chi connectivity index (χ0v) is 19.0. The lowest BCUT2D eigenvalue weighted by Gasteiger charge is -2.36. The number of hydrogen-bond donors (Lipinski definition) is 1. The molecule has 2 atom stereocenters. The monoisotopic (exact) mass is 437 g/mol. The van der Waals surface area contributed by atoms with Crippen molar-refractivity contribution in [3.05, 3.63) is 54.0 Å². The van der Waals surface area contributed by atoms with Gasteiger partial charge in [0.05, 0.1) is 17.9 Å². The second-order valence-electron chi connectivity index (χ2n) is 8.00. The highest BCUT2D eigenvalue weighted by Crippen LogP contribution is 2.31. The van der Waals surface area contributed by atoms with Gasteiger partial charge in [-0.1, -0.05) is 31.1 Å². The number of aromatic nitrogens is 3. The van der Waals surface area contributed by atoms with Crippen molar-refractivity contribution < 1.29 is 14.1 Å². The molecule has 1 aliphatic rings. The quantitative estimate of drug-likeness (QED) is 0.563. The van der Waals surface area contributed by atoms with E-state index in [0.29, 0.717) is 17.5 Å². The van der Waals surface area contributed by atoms with Crippen molar-refractivity contribution in [3.8, 4) is 11.3 Å². The number of benzene rings is 1. The van der Waals surface area contributed by atoms with Gasteiger partial charge in [-0.15, -0.1) is 0 Å². The zero-order chi connectivity index (χ0) is 22.5. The SMILES string of the molecule is CCN(CC)[C@@H]1CCO[C@H](c2ccc(NC(=O)c3cc(-c4cnn(CC)c4)on3)cc2)C1. The van der Waals surface area contributed by atoms with Crippen LogP contribution >= 0.6 is 0 Å². The molecule has 3 heterocycles. The van der Waals surface area contributed by atoms with Crippen LogP contribution in [0.4, 0.5) is 5.69 Å². The van der Waals surface area contributed by atoms with Crippen LogP contribution < -0.4 is 5.32 Å². The Morgan fingerprint density at radius 2 is 2.00 bits per heavy atom. The van der Waals surface area contributed by atoms with Crippen LogP contribution in [0.2, 0.25) is 0 Å². The smallest absolute Gasteiger partial charge is 0.277 e. The largest absolute Gasteiger partial charge is 0.373 e. The van der Waals surface area contributed by atoms with Crippen molar-refractivity contribution in [2.24, 2.45) is 0 Å². The Balaban J connectivity index is 1.38. The number of anilines is 1. The number of ether oxygens (including phenoxy) is 1. The average molecular weight is 438 g/mol. The van der Waals surface area contributed by atoms with Crippen molar-refractivity contribution >= 4 is 11.6 Å². The predicted molar refractivity (Wildman–Crippen MR) is 122 cm³/mol. The molecule has 1 N–H and O–H groups in total. The van der Waals surface area contributed by atoms with Crippen LogP contribution in [0, 0.1) is 0 Å². The highest BCUT2D eigenvalue weighted by Gasteiger charge is 2.27. The van der Waals surface area contributed by atoms with E-state index in [1.807, 2.05) is 37.4 Å². The predicted octanol–water partition coefficient (Wildman–Crippen LogP) is 4.37. The fourth-order valence-electron chi connectivity index (χ4n) is 4.24. The molecule has 1 saturated heterocycles. The molecule has 1 aliphatic heterocycles. The summed E-state index contributed by atoms with van der Waals surface area (Å²) in [6.07, 6.45) is 5.71. The van der Waals surface area contributed by atoms with Gasteiger partial charge in [-0.05, 0) is 50.6 Å². The standard InChI is InChI=1S/C24H31N5O3/c1-4-28(5-2)20-11-12-31-22(13-20)17-7-9-19(10-8-17)26-24(30)21-14-23(32-27-21)18-15-25-29(6-3)16-18/h7-10,14-16,20,22H,4-6,11-13H2,1-3H3,(H,26,30)/t20-,22+/m1/s1. The number of hydrogen-bond acceptors (Lipinski definition) is 6. The molecule has 1 fully saturated rings. The molecule has 0 bridgehead atoms. The summed E-state index contributed by atoms with van der Waals surface area (Å²) in [6.45, 7) is 10.1. The molecule has 8 heteroatoms. The summed E-state index contributed by atoms with van der Waals surface area (Å²) in [7, 11) is 0. The van der Waals surface area contributed by atoms with Gasteiger partial charge in [0.2, 0.25) is 0 Å². The molecule has 0 unspecified atom stereocenters. The van der Waals surface area contributed by atoms with E-state index in [1.54, 1.807) is 16.9 Å². The summed E-state index contributed by atoms with van der Waals surface area (Å²) in [5, 5.41) is 11.0. The van der Waals surface area contributed by atoms with E-state index >= 15 is 0 Å². The fourth-order valence-corrected chi connectivity index (χ4v) is 4.24. The summed E-state index contributed by atoms with van der Waals surface area (Å²) >= 11 is 0. The second-order valence-corrected chi connectivity index (χ2v) is 8.00. The normalized spacial score (nSPS) is 18.8. The number of nitrogens with zero attached hydrogens (tertiary/aromatic N) is 4. The lowest BCUT2D eigenvalue weighted by molar-refractivity contribution is -0.0265. The number of amides is 1. The van der Waals surface area contributed by atoms with Crippen LogP contribution in [0.25, 0.3) is 11.3 Å². The Labute approximate surface area is 188 Å². The third kappa shape index (κ3) is 4.92. The molecular weight excluding hydrogens is 406 g/mol. The van der Waals surface area contributed by atoms with Gasteiger partial charge in [0.15, 0.2) is 11.5 Å². The Morgan fingerprint density at radius 3 is 2.69 bits per heavy atom. The Kier molecular flexibility index (Phi) is 7.02. The van der Waals surface area contributed by atoms with Gasteiger partial charge in [0.1, 0.15) is 0 Å². The van der Waals surface area contributed by atoms with Crippen LogP contribution in [0.1, 0.15) is 55.8 Å². The number of carbonyl (C=O) groups is 1. The van der Waals surface area contributed by atoms with E-state index in [-0.39, 0.29) is 17.7 Å². The van der Waals surface area contributed by atoms with Crippen LogP contribution in [0.3, 0.4) is 0 Å². The Bertz CT molecular complexity index is 1020. The van der Waals surface area contributed by atoms with Gasteiger partial charge < -0.3 is 19.5 Å². The molecule has 170 valence electrons. The molecule has 4 rings (SSSR count). The van der Waals surface area contributed by atoms with Crippen molar-refractivity contribution in [1.29, 1.82) is 0 Å². The first-order chi connectivity index (χ1) is 15.6. The maximum Gasteiger partial charge on any atom is 0.277 e. The van der Waals surface area contributed by atoms with E-state index in [0.717, 1.165) is 50.2 Å². The number of nitrogens with one attached hydrogen (secondary N) is 1. The van der Waals surface area contributed by atoms with Crippen molar-refractivity contribution in [2.75, 3.05) is 25.0 Å². The van der Waals surface area contributed by atoms with Gasteiger partial charge in [0.25, 0.3) is 5.91 Å². The molecule has 0 saturated carbocycles. The summed E-state index contributed by atoms with van der Waals surface area (Å²) < 4.78 is 13.2. The van der Waals surface area contributed by atoms with E-state index < -0.39 is 0 Å². The van der Waals surface area contributed by atoms with E-state index in [9.17, 15) is 4.79 Å². The topological polar surface area (TPSA) is 85.4 Å². The first-order valence-electron chi connectivity index (χ1n) is 11.4. The summed E-state index contributed by atoms with van der Waals surface area (Å²) in [4.78, 5) is 15.1. The van der Waals surface area contributed by atoms with E-state index in [2.05, 4.69) is 34.3 Å². The highest BCUT2D eigenvalue weighted by atomic mass is 16.5. The summed E-state index contributed by atoms with van der Waals surface area (Å²) in [6, 6.07) is 10.0. The minimum atomic E-state index is -0.314. The maximum absolute atomic E-state index is 12.6. The third-order valence-corrected chi connectivity index (χ3v) is 6.11. The maximum atomic E-state index is 12.6. The van der Waals surface area contributed by atoms with Gasteiger partial charge in [-0.25, -0.2) is 0 Å². The molecule has 32 heavy (non-hydrogen) atoms. The van der Waals surface area contributed by atoms with Crippen LogP contribution in [-0.2, 0) is 11.3 Å². The number of rotatable bonds is 8. The molecule has 0 radical (unpaired) electrons. The van der Waals surface area contributed by atoms with Gasteiger partial charge in [-0.3, -0.25) is 9.48 Å². The van der Waals surface area contributed by atoms with Crippen molar-refractivity contribution in [1.82, 2.24) is 19.8 Å². The minimum absolute atomic E-state index is 0.0845. The van der Waals surface area contributed by atoms with E-state index in [4.69, 9.17) is 9.26 Å². The average Bonchev–Trinajstić information content (AvgIpc) is 3.50. The fraction of sp³-hybridized carbons (Fsp3) is 0.458. The van der Waals surface area contributed by atoms with Gasteiger partial charge >= 0.3 is 0 Å². The van der Waals surface area contributed by atoms with E-state index in [1.165, 1.54) is 0 Å². The first-order valence-corrected chi connectivity index (χ1v) is 11.4. The Hall–Kier alpha value is -2.97. The van der Waals surface area contributed by atoms with Crippen LogP contribution in [0.15, 0.2) is 47.2 Å². The molecule has 1 amide bonds. The molecule has 1 aromatic carbocycles. The molecule has 8 nitrogen and oxygen atoms in total. The first kappa shape index (κ1) is 22.2. The highest BCUT2D eigenvalue weighted by molar-refractivity contribution is 6.03. The molecule has 0 spiro atoms. The second kappa shape index (κ2) is 10.1. The molecular formula is C24H31N5O3. The Morgan fingerprint density at radius 1 is 1.22 bits per heavy atom. The van der Waals surface area contributed by atoms with Gasteiger partial charge in [-0.2, -0.15) is 5.10 Å². The summed E-state index contributed by atoms with van der Waals surface area (Å²) in [5.41, 5.74) is 2.86. The van der Waals surface area contributed by atoms with Crippen LogP contribution in [-0.4, -0.2) is 51.5 Å². The molecule has 0 aliphatic carbocycles. The number of carbonyl (C=O) groups excluding carboxylic acids is 1. The summed E-state index contributed by atoms with van der Waals surface area (Å²) in [5.74, 6) is 0.202. The van der Waals surface area contributed by atoms with Gasteiger partial charge in [0, 0.05) is 37.1 Å². The van der Waals surface area contributed by atoms with Crippen LogP contribution in [0.5, 0.6) is 0 Å². The zero-order valence-electron chi connectivity index (χ0n) is 19.0. The third-order valence-electron chi connectivity index (χ3n) is 6.11. The minimum Gasteiger partial charge on any atom is -0.373 e. The van der Waals surface area contributed by atoms with Crippen molar-refractivity contribution in [2.45, 2.75) is 52.3 Å². The lowest BCUT2D eigenvalue weighted by atomic mass is 9.96. The lowest BCUT2D eigenvalue weighted by Crippen LogP contribution is -2.40. The molecule has 2 aromatic heterocycles.